The molecule has 0 saturated carbocycles. The summed E-state index contributed by atoms with van der Waals surface area (Å²) in [6.45, 7) is 0.0278. The van der Waals surface area contributed by atoms with Crippen LogP contribution in [0, 0.1) is 5.82 Å². The average molecular weight is 414 g/mol. The molecule has 28 heavy (non-hydrogen) atoms. The molecule has 140 valence electrons. The van der Waals surface area contributed by atoms with Gasteiger partial charge in [-0.2, -0.15) is 0 Å². The summed E-state index contributed by atoms with van der Waals surface area (Å²) in [5, 5.41) is 0.574. The van der Waals surface area contributed by atoms with Crippen molar-refractivity contribution in [2.24, 2.45) is 0 Å². The maximum Gasteiger partial charge on any atom is 0.268 e. The van der Waals surface area contributed by atoms with Gasteiger partial charge in [-0.05, 0) is 54.1 Å². The van der Waals surface area contributed by atoms with Gasteiger partial charge in [0.25, 0.3) is 11.8 Å². The number of thioether (sulfide) groups is 1. The number of nitrogens with zero attached hydrogens (tertiary/aromatic N) is 1. The van der Waals surface area contributed by atoms with E-state index in [1.54, 1.807) is 36.4 Å². The normalized spacial score (nSPS) is 14.3. The van der Waals surface area contributed by atoms with E-state index in [-0.39, 0.29) is 17.0 Å². The van der Waals surface area contributed by atoms with Crippen molar-refractivity contribution < 1.29 is 18.4 Å². The number of benzene rings is 2. The van der Waals surface area contributed by atoms with E-state index in [9.17, 15) is 14.0 Å². The number of amides is 2. The van der Waals surface area contributed by atoms with Crippen molar-refractivity contribution in [2.45, 2.75) is 11.4 Å². The summed E-state index contributed by atoms with van der Waals surface area (Å²) in [4.78, 5) is 28.3. The van der Waals surface area contributed by atoms with Gasteiger partial charge in [0, 0.05) is 9.92 Å². The summed E-state index contributed by atoms with van der Waals surface area (Å²) < 4.78 is 18.6. The molecule has 4 nitrogen and oxygen atoms in total. The molecule has 2 aromatic carbocycles. The lowest BCUT2D eigenvalue weighted by molar-refractivity contribution is -0.137. The zero-order valence-corrected chi connectivity index (χ0v) is 16.0. The Morgan fingerprint density at radius 2 is 1.68 bits per heavy atom. The van der Waals surface area contributed by atoms with Crippen molar-refractivity contribution in [2.75, 3.05) is 0 Å². The van der Waals surface area contributed by atoms with Crippen LogP contribution in [0.3, 0.4) is 0 Å². The Balaban J connectivity index is 1.74. The summed E-state index contributed by atoms with van der Waals surface area (Å²) >= 11 is 7.11. The maximum atomic E-state index is 13.3. The van der Waals surface area contributed by atoms with Crippen molar-refractivity contribution >= 4 is 40.8 Å². The molecule has 1 aromatic heterocycles. The molecule has 0 bridgehead atoms. The number of furan rings is 1. The molecule has 0 aliphatic carbocycles. The predicted molar refractivity (Wildman–Crippen MR) is 105 cm³/mol. The maximum absolute atomic E-state index is 13.3. The average Bonchev–Trinajstić information content (AvgIpc) is 3.28. The van der Waals surface area contributed by atoms with Crippen LogP contribution in [-0.2, 0) is 16.1 Å². The fourth-order valence-electron chi connectivity index (χ4n) is 2.84. The Morgan fingerprint density at radius 1 is 0.964 bits per heavy atom. The number of rotatable bonds is 5. The van der Waals surface area contributed by atoms with E-state index in [1.807, 2.05) is 0 Å². The number of hydrogen-bond acceptors (Lipinski definition) is 4. The molecule has 3 aromatic rings. The van der Waals surface area contributed by atoms with Crippen LogP contribution in [0.2, 0.25) is 5.02 Å². The standard InChI is InChI=1S/C21H13ClFNO3S/c22-14-5-9-17(10-6-14)28-19-18(13-3-7-15(23)8-4-13)20(25)24(21(19)26)12-16-2-1-11-27-16/h1-11H,12H2. The van der Waals surface area contributed by atoms with E-state index in [0.29, 0.717) is 16.3 Å². The Labute approximate surface area is 169 Å². The fraction of sp³-hybridized carbons (Fsp3) is 0.0476. The topological polar surface area (TPSA) is 50.5 Å². The molecule has 1 aliphatic heterocycles. The number of hydrogen-bond donors (Lipinski definition) is 0. The second-order valence-corrected chi connectivity index (χ2v) is 7.56. The predicted octanol–water partition coefficient (Wildman–Crippen LogP) is 5.14. The Bertz CT molecular complexity index is 1060. The van der Waals surface area contributed by atoms with Crippen molar-refractivity contribution in [3.05, 3.63) is 94.0 Å². The molecule has 2 heterocycles. The van der Waals surface area contributed by atoms with E-state index >= 15 is 0 Å². The minimum atomic E-state index is -0.440. The first kappa shape index (κ1) is 18.5. The molecular weight excluding hydrogens is 401 g/mol. The largest absolute Gasteiger partial charge is 0.467 e. The first-order chi connectivity index (χ1) is 13.5. The fourth-order valence-corrected chi connectivity index (χ4v) is 3.98. The number of carbonyl (C=O) groups excluding carboxylic acids is 2. The van der Waals surface area contributed by atoms with Crippen molar-refractivity contribution in [1.29, 1.82) is 0 Å². The Kier molecular flexibility index (Phi) is 5.07. The summed E-state index contributed by atoms with van der Waals surface area (Å²) in [5.74, 6) is -0.775. The van der Waals surface area contributed by atoms with Gasteiger partial charge in [0.15, 0.2) is 0 Å². The van der Waals surface area contributed by atoms with Gasteiger partial charge in [-0.1, -0.05) is 35.5 Å². The molecule has 7 heteroatoms. The van der Waals surface area contributed by atoms with E-state index in [1.165, 1.54) is 42.3 Å². The van der Waals surface area contributed by atoms with E-state index in [0.717, 1.165) is 9.80 Å². The quantitative estimate of drug-likeness (QED) is 0.543. The van der Waals surface area contributed by atoms with E-state index in [2.05, 4.69) is 0 Å². The first-order valence-corrected chi connectivity index (χ1v) is 9.54. The lowest BCUT2D eigenvalue weighted by Crippen LogP contribution is -2.30. The van der Waals surface area contributed by atoms with Crippen molar-refractivity contribution in [1.82, 2.24) is 4.90 Å². The zero-order chi connectivity index (χ0) is 19.7. The van der Waals surface area contributed by atoms with Gasteiger partial charge >= 0.3 is 0 Å². The van der Waals surface area contributed by atoms with Crippen LogP contribution in [0.25, 0.3) is 5.57 Å². The highest BCUT2D eigenvalue weighted by Gasteiger charge is 2.39. The molecule has 0 fully saturated rings. The first-order valence-electron chi connectivity index (χ1n) is 8.35. The van der Waals surface area contributed by atoms with Crippen LogP contribution in [0.5, 0.6) is 0 Å². The second-order valence-electron chi connectivity index (χ2n) is 6.04. The van der Waals surface area contributed by atoms with Crippen molar-refractivity contribution in [3.8, 4) is 0 Å². The van der Waals surface area contributed by atoms with Crippen LogP contribution < -0.4 is 0 Å². The third-order valence-corrected chi connectivity index (χ3v) is 5.53. The monoisotopic (exact) mass is 413 g/mol. The van der Waals surface area contributed by atoms with Crippen LogP contribution in [0.4, 0.5) is 4.39 Å². The molecule has 2 amide bonds. The van der Waals surface area contributed by atoms with Crippen LogP contribution >= 0.6 is 23.4 Å². The zero-order valence-electron chi connectivity index (χ0n) is 14.4. The number of carbonyl (C=O) groups is 2. The SMILES string of the molecule is O=C1C(Sc2ccc(Cl)cc2)=C(c2ccc(F)cc2)C(=O)N1Cc1ccco1. The van der Waals surface area contributed by atoms with Gasteiger partial charge in [0.2, 0.25) is 0 Å². The van der Waals surface area contributed by atoms with Gasteiger partial charge in [-0.25, -0.2) is 4.39 Å². The molecule has 0 unspecified atom stereocenters. The molecular formula is C21H13ClFNO3S. The van der Waals surface area contributed by atoms with Crippen LogP contribution in [0.1, 0.15) is 11.3 Å². The molecule has 1 aliphatic rings. The van der Waals surface area contributed by atoms with Gasteiger partial charge in [0.1, 0.15) is 11.6 Å². The molecule has 0 N–H and O–H groups in total. The van der Waals surface area contributed by atoms with Gasteiger partial charge in [0.05, 0.1) is 23.3 Å². The number of halogens is 2. The highest BCUT2D eigenvalue weighted by molar-refractivity contribution is 8.04. The number of imide groups is 1. The smallest absolute Gasteiger partial charge is 0.268 e. The molecule has 4 rings (SSSR count). The minimum absolute atomic E-state index is 0.0278. The van der Waals surface area contributed by atoms with Crippen LogP contribution in [0.15, 0.2) is 81.1 Å². The minimum Gasteiger partial charge on any atom is -0.467 e. The third-order valence-electron chi connectivity index (χ3n) is 4.19. The molecule has 0 spiro atoms. The molecule has 0 radical (unpaired) electrons. The molecule has 0 saturated heterocycles. The molecule has 0 atom stereocenters. The Hall–Kier alpha value is -2.83. The summed E-state index contributed by atoms with van der Waals surface area (Å²) in [7, 11) is 0. The summed E-state index contributed by atoms with van der Waals surface area (Å²) in [6, 6.07) is 15.9. The highest BCUT2D eigenvalue weighted by atomic mass is 35.5. The van der Waals surface area contributed by atoms with Gasteiger partial charge in [-0.3, -0.25) is 14.5 Å². The van der Waals surface area contributed by atoms with Gasteiger partial charge in [-0.15, -0.1) is 0 Å². The van der Waals surface area contributed by atoms with E-state index < -0.39 is 17.6 Å². The highest BCUT2D eigenvalue weighted by Crippen LogP contribution is 2.40. The summed E-state index contributed by atoms with van der Waals surface area (Å²) in [5.41, 5.74) is 0.731. The third kappa shape index (κ3) is 3.61. The van der Waals surface area contributed by atoms with E-state index in [4.69, 9.17) is 16.0 Å². The van der Waals surface area contributed by atoms with Gasteiger partial charge < -0.3 is 4.42 Å². The summed E-state index contributed by atoms with van der Waals surface area (Å²) in [6.07, 6.45) is 1.48. The van der Waals surface area contributed by atoms with Crippen LogP contribution in [-0.4, -0.2) is 16.7 Å². The lowest BCUT2D eigenvalue weighted by Gasteiger charge is -2.13. The second kappa shape index (κ2) is 7.66. The lowest BCUT2D eigenvalue weighted by atomic mass is 10.1. The Morgan fingerprint density at radius 3 is 2.32 bits per heavy atom. The van der Waals surface area contributed by atoms with Crippen molar-refractivity contribution in [3.63, 3.8) is 0 Å².